The number of nitrogens with zero attached hydrogens (tertiary/aromatic N) is 4. The number of carbonyl (C=O) groups excluding carboxylic acids is 1. The Balaban J connectivity index is 2.32. The van der Waals surface area contributed by atoms with Crippen molar-refractivity contribution in [3.05, 3.63) is 44.4 Å². The highest BCUT2D eigenvalue weighted by atomic mass is 16.6. The molecule has 22 heavy (non-hydrogen) atoms. The molecular formula is C12H9N5O5. The number of aromatic nitrogens is 4. The zero-order valence-corrected chi connectivity index (χ0v) is 11.3. The van der Waals surface area contributed by atoms with Crippen LogP contribution in [0.25, 0.3) is 16.6 Å². The van der Waals surface area contributed by atoms with Gasteiger partial charge in [-0.05, 0) is 13.0 Å². The molecule has 1 aromatic carbocycles. The van der Waals surface area contributed by atoms with E-state index in [-0.39, 0.29) is 29.0 Å². The highest BCUT2D eigenvalue weighted by Gasteiger charge is 2.20. The monoisotopic (exact) mass is 303 g/mol. The highest BCUT2D eigenvalue weighted by molar-refractivity contribution is 5.95. The molecule has 2 heterocycles. The van der Waals surface area contributed by atoms with Crippen LogP contribution in [0.1, 0.15) is 17.4 Å². The van der Waals surface area contributed by atoms with Crippen molar-refractivity contribution in [3.8, 4) is 0 Å². The zero-order valence-electron chi connectivity index (χ0n) is 11.3. The summed E-state index contributed by atoms with van der Waals surface area (Å²) in [4.78, 5) is 37.7. The number of aromatic amines is 1. The molecule has 0 fully saturated rings. The van der Waals surface area contributed by atoms with Gasteiger partial charge in [0, 0.05) is 12.1 Å². The molecule has 3 rings (SSSR count). The summed E-state index contributed by atoms with van der Waals surface area (Å²) in [7, 11) is 0. The van der Waals surface area contributed by atoms with Crippen molar-refractivity contribution in [3.63, 3.8) is 0 Å². The van der Waals surface area contributed by atoms with Gasteiger partial charge in [0.15, 0.2) is 5.65 Å². The number of nitrogens with one attached hydrogen (secondary N) is 1. The molecule has 0 atom stereocenters. The van der Waals surface area contributed by atoms with Gasteiger partial charge >= 0.3 is 5.97 Å². The highest BCUT2D eigenvalue weighted by Crippen LogP contribution is 2.19. The van der Waals surface area contributed by atoms with Gasteiger partial charge in [-0.1, -0.05) is 0 Å². The lowest BCUT2D eigenvalue weighted by molar-refractivity contribution is -0.384. The number of carbonyl (C=O) groups is 1. The van der Waals surface area contributed by atoms with Crippen molar-refractivity contribution < 1.29 is 14.5 Å². The van der Waals surface area contributed by atoms with E-state index in [1.807, 2.05) is 0 Å². The van der Waals surface area contributed by atoms with Gasteiger partial charge in [0.25, 0.3) is 11.2 Å². The molecule has 0 bridgehead atoms. The first-order valence-corrected chi connectivity index (χ1v) is 6.25. The summed E-state index contributed by atoms with van der Waals surface area (Å²) in [5, 5.41) is 17.2. The molecule has 10 heteroatoms. The number of rotatable bonds is 3. The Morgan fingerprint density at radius 2 is 2.27 bits per heavy atom. The van der Waals surface area contributed by atoms with E-state index in [1.165, 1.54) is 16.6 Å². The number of nitro benzene ring substituents is 1. The molecule has 1 N–H and O–H groups in total. The Hall–Kier alpha value is -3.30. The smallest absolute Gasteiger partial charge is 0.362 e. The Kier molecular flexibility index (Phi) is 3.05. The molecule has 2 aromatic heterocycles. The molecule has 0 amide bonds. The van der Waals surface area contributed by atoms with Crippen molar-refractivity contribution in [1.82, 2.24) is 19.8 Å². The second kappa shape index (κ2) is 4.91. The molecule has 0 saturated heterocycles. The molecule has 0 spiro atoms. The van der Waals surface area contributed by atoms with Gasteiger partial charge in [-0.3, -0.25) is 14.9 Å². The van der Waals surface area contributed by atoms with Crippen LogP contribution in [0.4, 0.5) is 5.69 Å². The zero-order chi connectivity index (χ0) is 15.9. The molecule has 0 unspecified atom stereocenters. The van der Waals surface area contributed by atoms with Gasteiger partial charge in [-0.25, -0.2) is 14.5 Å². The fourth-order valence-electron chi connectivity index (χ4n) is 2.07. The minimum atomic E-state index is -0.714. The van der Waals surface area contributed by atoms with E-state index in [0.29, 0.717) is 5.52 Å². The van der Waals surface area contributed by atoms with E-state index in [1.54, 1.807) is 6.92 Å². The number of fused-ring (bicyclic) bond motifs is 3. The number of esters is 1. The van der Waals surface area contributed by atoms with Crippen molar-refractivity contribution in [2.45, 2.75) is 6.92 Å². The molecule has 0 aliphatic heterocycles. The summed E-state index contributed by atoms with van der Waals surface area (Å²) in [6.07, 6.45) is 0. The Morgan fingerprint density at radius 1 is 1.50 bits per heavy atom. The van der Waals surface area contributed by atoms with E-state index >= 15 is 0 Å². The number of hydrogen-bond acceptors (Lipinski definition) is 7. The van der Waals surface area contributed by atoms with E-state index in [4.69, 9.17) is 4.74 Å². The number of ether oxygens (including phenoxy) is 1. The van der Waals surface area contributed by atoms with Crippen molar-refractivity contribution in [2.24, 2.45) is 0 Å². The van der Waals surface area contributed by atoms with Gasteiger partial charge in [0.2, 0.25) is 5.69 Å². The Bertz CT molecular complexity index is 973. The summed E-state index contributed by atoms with van der Waals surface area (Å²) in [5.74, 6) is -0.714. The Labute approximate surface area is 121 Å². The largest absolute Gasteiger partial charge is 0.461 e. The fraction of sp³-hybridized carbons (Fsp3) is 0.167. The van der Waals surface area contributed by atoms with Crippen molar-refractivity contribution in [2.75, 3.05) is 6.61 Å². The molecule has 3 aromatic rings. The molecule has 10 nitrogen and oxygen atoms in total. The summed E-state index contributed by atoms with van der Waals surface area (Å²) in [5.41, 5.74) is -0.713. The maximum absolute atomic E-state index is 12.1. The van der Waals surface area contributed by atoms with Crippen molar-refractivity contribution in [1.29, 1.82) is 0 Å². The van der Waals surface area contributed by atoms with E-state index in [2.05, 4.69) is 15.3 Å². The normalized spacial score (nSPS) is 11.0. The first kappa shape index (κ1) is 13.7. The van der Waals surface area contributed by atoms with Gasteiger partial charge in [-0.2, -0.15) is 4.98 Å². The molecule has 0 aliphatic carbocycles. The van der Waals surface area contributed by atoms with Crippen LogP contribution < -0.4 is 5.56 Å². The van der Waals surface area contributed by atoms with Crippen LogP contribution in [0.2, 0.25) is 0 Å². The summed E-state index contributed by atoms with van der Waals surface area (Å²) >= 11 is 0. The van der Waals surface area contributed by atoms with Gasteiger partial charge in [-0.15, -0.1) is 5.10 Å². The summed E-state index contributed by atoms with van der Waals surface area (Å²) in [6.45, 7) is 1.79. The first-order chi connectivity index (χ1) is 10.5. The maximum Gasteiger partial charge on any atom is 0.362 e. The van der Waals surface area contributed by atoms with Crippen LogP contribution in [-0.4, -0.2) is 37.3 Å². The maximum atomic E-state index is 12.1. The average molecular weight is 303 g/mol. The van der Waals surface area contributed by atoms with E-state index < -0.39 is 16.5 Å². The lowest BCUT2D eigenvalue weighted by Crippen LogP contribution is -2.13. The lowest BCUT2D eigenvalue weighted by Gasteiger charge is -2.01. The van der Waals surface area contributed by atoms with E-state index in [9.17, 15) is 19.7 Å². The predicted molar refractivity (Wildman–Crippen MR) is 73.7 cm³/mol. The predicted octanol–water partition coefficient (Wildman–Crippen LogP) is 0.656. The minimum absolute atomic E-state index is 0.00445. The lowest BCUT2D eigenvalue weighted by atomic mass is 10.2. The van der Waals surface area contributed by atoms with Gasteiger partial charge in [0.1, 0.15) is 0 Å². The quantitative estimate of drug-likeness (QED) is 0.426. The van der Waals surface area contributed by atoms with Gasteiger partial charge < -0.3 is 4.74 Å². The van der Waals surface area contributed by atoms with Gasteiger partial charge in [0.05, 0.1) is 22.4 Å². The number of hydrogen-bond donors (Lipinski definition) is 1. The number of non-ortho nitro benzene ring substituents is 1. The summed E-state index contributed by atoms with van der Waals surface area (Å²) < 4.78 is 6.13. The second-order valence-corrected chi connectivity index (χ2v) is 4.32. The topological polar surface area (TPSA) is 132 Å². The molecule has 0 saturated carbocycles. The summed E-state index contributed by atoms with van der Waals surface area (Å²) in [6, 6.07) is 3.76. The second-order valence-electron chi connectivity index (χ2n) is 4.32. The van der Waals surface area contributed by atoms with Crippen LogP contribution in [0.3, 0.4) is 0 Å². The van der Waals surface area contributed by atoms with Crippen LogP contribution in [0, 0.1) is 10.1 Å². The average Bonchev–Trinajstić information content (AvgIpc) is 2.91. The van der Waals surface area contributed by atoms with Crippen LogP contribution in [-0.2, 0) is 4.74 Å². The molecule has 112 valence electrons. The molecule has 0 aliphatic rings. The van der Waals surface area contributed by atoms with E-state index in [0.717, 1.165) is 6.07 Å². The number of H-pyrrole nitrogens is 1. The third-order valence-electron chi connectivity index (χ3n) is 3.02. The van der Waals surface area contributed by atoms with Crippen LogP contribution >= 0.6 is 0 Å². The third-order valence-corrected chi connectivity index (χ3v) is 3.02. The van der Waals surface area contributed by atoms with Crippen LogP contribution in [0.15, 0.2) is 23.0 Å². The van der Waals surface area contributed by atoms with Crippen LogP contribution in [0.5, 0.6) is 0 Å². The minimum Gasteiger partial charge on any atom is -0.461 e. The first-order valence-electron chi connectivity index (χ1n) is 6.25. The number of benzene rings is 1. The standard InChI is InChI=1S/C12H9N5O5/c1-2-22-12(19)9-10-13-11(18)7-5-6(17(20)21)3-4-8(7)16(10)15-14-9/h3-5,15H,2H2,1H3. The number of nitro groups is 1. The third kappa shape index (κ3) is 1.97. The Morgan fingerprint density at radius 3 is 2.95 bits per heavy atom. The molecule has 0 radical (unpaired) electrons. The van der Waals surface area contributed by atoms with Crippen molar-refractivity contribution >= 4 is 28.2 Å². The molecular weight excluding hydrogens is 294 g/mol. The fourth-order valence-corrected chi connectivity index (χ4v) is 2.07. The SMILES string of the molecule is CCOC(=O)c1n[nH]n2c1nc(=O)c1cc([N+](=O)[O-])ccc12.